The number of carbonyl (C=O) groups excluding carboxylic acids is 1. The molecule has 0 unspecified atom stereocenters. The second-order valence-corrected chi connectivity index (χ2v) is 3.47. The molecule has 2 aromatic rings. The van der Waals surface area contributed by atoms with Crippen LogP contribution in [0.2, 0.25) is 0 Å². The van der Waals surface area contributed by atoms with Crippen molar-refractivity contribution in [2.75, 3.05) is 12.0 Å². The van der Waals surface area contributed by atoms with Crippen LogP contribution in [0.4, 0.5) is 5.82 Å². The first kappa shape index (κ1) is 12.0. The largest absolute Gasteiger partial charge is 0.349 e. The lowest BCUT2D eigenvalue weighted by atomic mass is 10.3. The first-order chi connectivity index (χ1) is 8.79. The Labute approximate surface area is 103 Å². The van der Waals surface area contributed by atoms with Gasteiger partial charge in [0.05, 0.1) is 12.7 Å². The number of aromatic nitrogens is 4. The minimum Gasteiger partial charge on any atom is -0.349 e. The highest BCUT2D eigenvalue weighted by Gasteiger charge is 2.06. The van der Waals surface area contributed by atoms with Crippen molar-refractivity contribution in [3.63, 3.8) is 0 Å². The zero-order valence-electron chi connectivity index (χ0n) is 9.58. The molecule has 0 spiro atoms. The fourth-order valence-corrected chi connectivity index (χ4v) is 1.37. The Morgan fingerprint density at radius 2 is 2.33 bits per heavy atom. The number of amides is 1. The quantitative estimate of drug-likeness (QED) is 0.480. The maximum atomic E-state index is 11.8. The summed E-state index contributed by atoms with van der Waals surface area (Å²) in [5.74, 6) is 5.41. The molecule has 2 heterocycles. The Hall–Kier alpha value is -2.48. The van der Waals surface area contributed by atoms with Crippen LogP contribution in [0.5, 0.6) is 0 Å². The number of hydrogen-bond donors (Lipinski definition) is 3. The number of carbonyl (C=O) groups is 1. The van der Waals surface area contributed by atoms with Gasteiger partial charge in [-0.3, -0.25) is 9.48 Å². The summed E-state index contributed by atoms with van der Waals surface area (Å²) in [5, 5.41) is 10.2. The van der Waals surface area contributed by atoms with Crippen LogP contribution in [0.15, 0.2) is 30.6 Å². The van der Waals surface area contributed by atoms with E-state index in [0.717, 1.165) is 0 Å². The molecule has 2 rings (SSSR count). The summed E-state index contributed by atoms with van der Waals surface area (Å²) >= 11 is 0. The molecule has 0 fully saturated rings. The summed E-state index contributed by atoms with van der Waals surface area (Å²) in [6, 6.07) is 4.99. The van der Waals surface area contributed by atoms with E-state index >= 15 is 0 Å². The molecule has 1 amide bonds. The molecule has 0 saturated carbocycles. The Morgan fingerprint density at radius 3 is 3.06 bits per heavy atom. The highest BCUT2D eigenvalue weighted by atomic mass is 16.1. The maximum absolute atomic E-state index is 11.8. The summed E-state index contributed by atoms with van der Waals surface area (Å²) in [6.07, 6.45) is 3.31. The minimum absolute atomic E-state index is 0.257. The second kappa shape index (κ2) is 5.73. The molecule has 0 aliphatic heterocycles. The number of nitrogens with one attached hydrogen (secondary N) is 2. The van der Waals surface area contributed by atoms with Gasteiger partial charge in [0.25, 0.3) is 5.91 Å². The van der Waals surface area contributed by atoms with E-state index in [-0.39, 0.29) is 5.91 Å². The molecule has 0 saturated heterocycles. The molecule has 18 heavy (non-hydrogen) atoms. The van der Waals surface area contributed by atoms with Gasteiger partial charge in [-0.25, -0.2) is 10.8 Å². The van der Waals surface area contributed by atoms with E-state index in [4.69, 9.17) is 5.84 Å². The van der Waals surface area contributed by atoms with Crippen molar-refractivity contribution >= 4 is 11.7 Å². The lowest BCUT2D eigenvalue weighted by Gasteiger charge is -2.05. The van der Waals surface area contributed by atoms with Crippen LogP contribution in [0.3, 0.4) is 0 Å². The third kappa shape index (κ3) is 3.01. The first-order valence-electron chi connectivity index (χ1n) is 5.35. The van der Waals surface area contributed by atoms with E-state index in [1.54, 1.807) is 35.3 Å². The van der Waals surface area contributed by atoms with Crippen LogP contribution in [-0.4, -0.2) is 32.4 Å². The molecule has 0 aliphatic rings. The normalized spacial score (nSPS) is 10.1. The van der Waals surface area contributed by atoms with E-state index in [9.17, 15) is 4.79 Å². The third-order valence-electron chi connectivity index (χ3n) is 2.23. The SMILES string of the molecule is NNc1cccc(C(=O)NCCn2ccnn2)n1. The van der Waals surface area contributed by atoms with E-state index < -0.39 is 0 Å². The number of hydrazine groups is 1. The van der Waals surface area contributed by atoms with Gasteiger partial charge in [0.15, 0.2) is 0 Å². The zero-order chi connectivity index (χ0) is 12.8. The third-order valence-corrected chi connectivity index (χ3v) is 2.23. The molecule has 8 nitrogen and oxygen atoms in total. The number of rotatable bonds is 5. The molecule has 0 aliphatic carbocycles. The molecule has 4 N–H and O–H groups in total. The van der Waals surface area contributed by atoms with Gasteiger partial charge in [-0.15, -0.1) is 5.10 Å². The van der Waals surface area contributed by atoms with Crippen LogP contribution in [-0.2, 0) is 6.54 Å². The van der Waals surface area contributed by atoms with Gasteiger partial charge < -0.3 is 10.7 Å². The van der Waals surface area contributed by atoms with Crippen LogP contribution in [0, 0.1) is 0 Å². The lowest BCUT2D eigenvalue weighted by molar-refractivity contribution is 0.0947. The Bertz CT molecular complexity index is 511. The lowest BCUT2D eigenvalue weighted by Crippen LogP contribution is -2.28. The molecule has 0 atom stereocenters. The van der Waals surface area contributed by atoms with E-state index in [1.165, 1.54) is 0 Å². The van der Waals surface area contributed by atoms with Gasteiger partial charge in [-0.1, -0.05) is 11.3 Å². The van der Waals surface area contributed by atoms with Gasteiger partial charge in [-0.2, -0.15) is 0 Å². The highest BCUT2D eigenvalue weighted by Crippen LogP contribution is 2.02. The van der Waals surface area contributed by atoms with Crippen molar-refractivity contribution in [2.24, 2.45) is 5.84 Å². The molecule has 0 bridgehead atoms. The summed E-state index contributed by atoms with van der Waals surface area (Å²) in [6.45, 7) is 1.00. The Morgan fingerprint density at radius 1 is 1.44 bits per heavy atom. The van der Waals surface area contributed by atoms with Gasteiger partial charge in [0, 0.05) is 12.7 Å². The van der Waals surface area contributed by atoms with Gasteiger partial charge in [0.2, 0.25) is 0 Å². The number of nitrogens with two attached hydrogens (primary N) is 1. The number of hydrogen-bond acceptors (Lipinski definition) is 6. The van der Waals surface area contributed by atoms with Crippen molar-refractivity contribution in [1.29, 1.82) is 0 Å². The molecular formula is C10H13N7O. The summed E-state index contributed by atoms with van der Waals surface area (Å²) in [4.78, 5) is 15.8. The van der Waals surface area contributed by atoms with Crippen molar-refractivity contribution in [3.05, 3.63) is 36.3 Å². The van der Waals surface area contributed by atoms with E-state index in [2.05, 4.69) is 26.0 Å². The standard InChI is InChI=1S/C10H13N7O/c11-15-9-3-1-2-8(14-9)10(18)12-4-6-17-7-5-13-16-17/h1-3,5,7H,4,6,11H2,(H,12,18)(H,14,15). The van der Waals surface area contributed by atoms with Crippen LogP contribution in [0.1, 0.15) is 10.5 Å². The summed E-state index contributed by atoms with van der Waals surface area (Å²) in [5.41, 5.74) is 2.70. The average molecular weight is 247 g/mol. The van der Waals surface area contributed by atoms with Gasteiger partial charge in [-0.05, 0) is 12.1 Å². The molecule has 8 heteroatoms. The fourth-order valence-electron chi connectivity index (χ4n) is 1.37. The van der Waals surface area contributed by atoms with Crippen LogP contribution >= 0.6 is 0 Å². The number of nitrogen functional groups attached to an aromatic ring is 1. The molecule has 2 aromatic heterocycles. The summed E-state index contributed by atoms with van der Waals surface area (Å²) in [7, 11) is 0. The smallest absolute Gasteiger partial charge is 0.270 e. The number of anilines is 1. The van der Waals surface area contributed by atoms with Crippen LogP contribution < -0.4 is 16.6 Å². The van der Waals surface area contributed by atoms with E-state index in [0.29, 0.717) is 24.6 Å². The maximum Gasteiger partial charge on any atom is 0.270 e. The number of nitrogens with zero attached hydrogens (tertiary/aromatic N) is 4. The first-order valence-corrected chi connectivity index (χ1v) is 5.35. The molecular weight excluding hydrogens is 234 g/mol. The predicted molar refractivity (Wildman–Crippen MR) is 64.4 cm³/mol. The minimum atomic E-state index is -0.257. The average Bonchev–Trinajstić information content (AvgIpc) is 2.92. The van der Waals surface area contributed by atoms with Gasteiger partial charge >= 0.3 is 0 Å². The Balaban J connectivity index is 1.87. The Kier molecular flexibility index (Phi) is 3.82. The second-order valence-electron chi connectivity index (χ2n) is 3.47. The summed E-state index contributed by atoms with van der Waals surface area (Å²) < 4.78 is 1.63. The van der Waals surface area contributed by atoms with Crippen molar-refractivity contribution in [1.82, 2.24) is 25.3 Å². The predicted octanol–water partition coefficient (Wildman–Crippen LogP) is -0.611. The zero-order valence-corrected chi connectivity index (χ0v) is 9.58. The van der Waals surface area contributed by atoms with Crippen molar-refractivity contribution in [2.45, 2.75) is 6.54 Å². The molecule has 0 radical (unpaired) electrons. The van der Waals surface area contributed by atoms with Crippen molar-refractivity contribution in [3.8, 4) is 0 Å². The van der Waals surface area contributed by atoms with Crippen LogP contribution in [0.25, 0.3) is 0 Å². The highest BCUT2D eigenvalue weighted by molar-refractivity contribution is 5.92. The number of pyridine rings is 1. The molecule has 0 aromatic carbocycles. The monoisotopic (exact) mass is 247 g/mol. The van der Waals surface area contributed by atoms with E-state index in [1.807, 2.05) is 0 Å². The fraction of sp³-hybridized carbons (Fsp3) is 0.200. The topological polar surface area (TPSA) is 111 Å². The molecule has 94 valence electrons. The van der Waals surface area contributed by atoms with Crippen molar-refractivity contribution < 1.29 is 4.79 Å². The van der Waals surface area contributed by atoms with Gasteiger partial charge in [0.1, 0.15) is 11.5 Å².